The molecule has 0 fully saturated rings. The van der Waals surface area contributed by atoms with E-state index in [0.717, 1.165) is 6.67 Å². The van der Waals surface area contributed by atoms with Gasteiger partial charge in [-0.05, 0) is 21.1 Å². The Balaban J connectivity index is 2.95. The molecule has 0 N–H and O–H groups in total. The van der Waals surface area contributed by atoms with Crippen molar-refractivity contribution in [1.29, 1.82) is 0 Å². The Bertz CT molecular complexity index is 39.0. The summed E-state index contributed by atoms with van der Waals surface area (Å²) in [5.74, 6) is 0. The Morgan fingerprint density at radius 2 is 1.71 bits per heavy atom. The van der Waals surface area contributed by atoms with E-state index in [2.05, 4.69) is 0 Å². The predicted molar refractivity (Wildman–Crippen MR) is 32.1 cm³/mol. The van der Waals surface area contributed by atoms with Gasteiger partial charge in [0.05, 0.1) is 0 Å². The van der Waals surface area contributed by atoms with Crippen molar-refractivity contribution in [1.82, 2.24) is 9.71 Å². The zero-order valence-corrected chi connectivity index (χ0v) is 5.18. The standard InChI is InChI=1S/C4H11BN2/c1-6(2)4-7(3)5/h4H2,1-3H3. The van der Waals surface area contributed by atoms with Gasteiger partial charge >= 0.3 is 0 Å². The molecule has 0 saturated heterocycles. The van der Waals surface area contributed by atoms with Crippen molar-refractivity contribution in [3.8, 4) is 0 Å². The Hall–Kier alpha value is -0.0151. The zero-order chi connectivity index (χ0) is 5.86. The first-order chi connectivity index (χ1) is 3.13. The smallest absolute Gasteiger partial charge is 0.183 e. The largest absolute Gasteiger partial charge is 0.345 e. The monoisotopic (exact) mass is 98.1 g/mol. The molecule has 2 nitrogen and oxygen atoms in total. The number of hydrogen-bond donors (Lipinski definition) is 0. The molecule has 0 atom stereocenters. The molecule has 2 radical (unpaired) electrons. The summed E-state index contributed by atoms with van der Waals surface area (Å²) >= 11 is 0. The van der Waals surface area contributed by atoms with E-state index < -0.39 is 0 Å². The van der Waals surface area contributed by atoms with Crippen LogP contribution in [0.15, 0.2) is 0 Å². The first-order valence-corrected chi connectivity index (χ1v) is 2.23. The second kappa shape index (κ2) is 3.05. The molecular formula is C4H11BN2. The summed E-state index contributed by atoms with van der Waals surface area (Å²) < 4.78 is 0. The summed E-state index contributed by atoms with van der Waals surface area (Å²) in [6, 6.07) is 0. The van der Waals surface area contributed by atoms with Crippen LogP contribution in [0.1, 0.15) is 0 Å². The molecule has 40 valence electrons. The van der Waals surface area contributed by atoms with Gasteiger partial charge in [0.25, 0.3) is 0 Å². The van der Waals surface area contributed by atoms with Crippen LogP contribution in [0.2, 0.25) is 0 Å². The third kappa shape index (κ3) is 5.98. The highest BCUT2D eigenvalue weighted by molar-refractivity contribution is 6.04. The molecule has 0 spiro atoms. The molecule has 0 amide bonds. The Kier molecular flexibility index (Phi) is 3.04. The fraction of sp³-hybridized carbons (Fsp3) is 1.00. The summed E-state index contributed by atoms with van der Waals surface area (Å²) in [7, 11) is 11.1. The van der Waals surface area contributed by atoms with Gasteiger partial charge in [0.1, 0.15) is 0 Å². The minimum Gasteiger partial charge on any atom is -0.345 e. The van der Waals surface area contributed by atoms with Crippen molar-refractivity contribution < 1.29 is 0 Å². The SMILES string of the molecule is [B]N(C)CN(C)C. The number of rotatable bonds is 2. The van der Waals surface area contributed by atoms with Crippen molar-refractivity contribution in [3.63, 3.8) is 0 Å². The third-order valence-corrected chi connectivity index (χ3v) is 0.506. The predicted octanol–water partition coefficient (Wildman–Crippen LogP) is -0.479. The second-order valence-corrected chi connectivity index (χ2v) is 1.98. The van der Waals surface area contributed by atoms with Crippen molar-refractivity contribution in [2.75, 3.05) is 27.8 Å². The summed E-state index contributed by atoms with van der Waals surface area (Å²) in [5, 5.41) is 0. The minimum absolute atomic E-state index is 0.806. The van der Waals surface area contributed by atoms with E-state index >= 15 is 0 Å². The van der Waals surface area contributed by atoms with Crippen LogP contribution < -0.4 is 0 Å². The molecule has 0 aromatic rings. The van der Waals surface area contributed by atoms with E-state index in [1.54, 1.807) is 4.81 Å². The van der Waals surface area contributed by atoms with Gasteiger partial charge in [-0.3, -0.25) is 4.90 Å². The van der Waals surface area contributed by atoms with Crippen LogP contribution in [0.5, 0.6) is 0 Å². The van der Waals surface area contributed by atoms with Crippen molar-refractivity contribution in [2.24, 2.45) is 0 Å². The second-order valence-electron chi connectivity index (χ2n) is 1.98. The average molecular weight is 98.0 g/mol. The molecule has 7 heavy (non-hydrogen) atoms. The van der Waals surface area contributed by atoms with E-state index in [-0.39, 0.29) is 0 Å². The maximum Gasteiger partial charge on any atom is 0.183 e. The molecule has 0 aromatic carbocycles. The number of nitrogens with zero attached hydrogens (tertiary/aromatic N) is 2. The lowest BCUT2D eigenvalue weighted by atomic mass is 10.4. The lowest BCUT2D eigenvalue weighted by Crippen LogP contribution is -2.27. The average Bonchev–Trinajstić information content (AvgIpc) is 1.27. The van der Waals surface area contributed by atoms with Gasteiger partial charge in [-0.2, -0.15) is 0 Å². The van der Waals surface area contributed by atoms with Gasteiger partial charge in [0.2, 0.25) is 0 Å². The number of hydrogen-bond acceptors (Lipinski definition) is 2. The van der Waals surface area contributed by atoms with Gasteiger partial charge < -0.3 is 4.81 Å². The highest BCUT2D eigenvalue weighted by atomic mass is 15.2. The van der Waals surface area contributed by atoms with Gasteiger partial charge in [0, 0.05) is 6.67 Å². The van der Waals surface area contributed by atoms with Crippen LogP contribution in [0.3, 0.4) is 0 Å². The molecule has 3 heteroatoms. The summed E-state index contributed by atoms with van der Waals surface area (Å²) in [5.41, 5.74) is 0. The van der Waals surface area contributed by atoms with Crippen molar-refractivity contribution in [2.45, 2.75) is 0 Å². The molecule has 0 rings (SSSR count). The fourth-order valence-electron chi connectivity index (χ4n) is 0.446. The topological polar surface area (TPSA) is 6.48 Å². The van der Waals surface area contributed by atoms with Crippen LogP contribution in [-0.4, -0.2) is 45.5 Å². The Morgan fingerprint density at radius 1 is 1.29 bits per heavy atom. The normalized spacial score (nSPS) is 11.0. The lowest BCUT2D eigenvalue weighted by molar-refractivity contribution is 0.304. The molecule has 0 aliphatic rings. The van der Waals surface area contributed by atoms with Gasteiger partial charge in [0.15, 0.2) is 7.98 Å². The maximum atomic E-state index is 5.28. The van der Waals surface area contributed by atoms with Crippen LogP contribution in [0, 0.1) is 0 Å². The minimum atomic E-state index is 0.806. The lowest BCUT2D eigenvalue weighted by Gasteiger charge is -2.15. The quantitative estimate of drug-likeness (QED) is 0.340. The zero-order valence-electron chi connectivity index (χ0n) is 5.18. The molecule has 0 heterocycles. The summed E-state index contributed by atoms with van der Waals surface area (Å²) in [6.07, 6.45) is 0. The van der Waals surface area contributed by atoms with E-state index in [4.69, 9.17) is 7.98 Å². The van der Waals surface area contributed by atoms with E-state index in [0.29, 0.717) is 0 Å². The molecular weight excluding hydrogens is 86.9 g/mol. The Labute approximate surface area is 46.5 Å². The van der Waals surface area contributed by atoms with Crippen molar-refractivity contribution >= 4 is 7.98 Å². The van der Waals surface area contributed by atoms with Crippen LogP contribution in [0.25, 0.3) is 0 Å². The molecule has 0 aromatic heterocycles. The molecule has 0 unspecified atom stereocenters. The summed E-state index contributed by atoms with van der Waals surface area (Å²) in [4.78, 5) is 3.62. The summed E-state index contributed by atoms with van der Waals surface area (Å²) in [6.45, 7) is 0.806. The molecule has 0 saturated carbocycles. The first kappa shape index (κ1) is 6.98. The maximum absolute atomic E-state index is 5.28. The highest BCUT2D eigenvalue weighted by Gasteiger charge is 1.87. The van der Waals surface area contributed by atoms with Crippen LogP contribution in [-0.2, 0) is 0 Å². The van der Waals surface area contributed by atoms with Gasteiger partial charge in [-0.25, -0.2) is 0 Å². The van der Waals surface area contributed by atoms with E-state index in [1.165, 1.54) is 0 Å². The first-order valence-electron chi connectivity index (χ1n) is 2.23. The van der Waals surface area contributed by atoms with Crippen LogP contribution >= 0.6 is 0 Å². The third-order valence-electron chi connectivity index (χ3n) is 0.506. The molecule has 0 bridgehead atoms. The Morgan fingerprint density at radius 3 is 1.71 bits per heavy atom. The van der Waals surface area contributed by atoms with Gasteiger partial charge in [-0.1, -0.05) is 0 Å². The fourth-order valence-corrected chi connectivity index (χ4v) is 0.446. The van der Waals surface area contributed by atoms with E-state index in [1.807, 2.05) is 26.0 Å². The molecule has 0 aliphatic heterocycles. The highest BCUT2D eigenvalue weighted by Crippen LogP contribution is 1.73. The van der Waals surface area contributed by atoms with Crippen LogP contribution in [0.4, 0.5) is 0 Å². The van der Waals surface area contributed by atoms with Crippen molar-refractivity contribution in [3.05, 3.63) is 0 Å². The molecule has 0 aliphatic carbocycles. The van der Waals surface area contributed by atoms with Gasteiger partial charge in [-0.15, -0.1) is 0 Å². The van der Waals surface area contributed by atoms with E-state index in [9.17, 15) is 0 Å².